The number of carbonyl (C=O) groups is 1. The van der Waals surface area contributed by atoms with Crippen LogP contribution >= 0.6 is 0 Å². The van der Waals surface area contributed by atoms with Crippen LogP contribution < -0.4 is 14.4 Å². The maximum Gasteiger partial charge on any atom is 0.258 e. The fourth-order valence-corrected chi connectivity index (χ4v) is 2.71. The minimum Gasteiger partial charge on any atom is -0.493 e. The number of benzene rings is 2. The molecular weight excluding hydrogens is 304 g/mol. The molecule has 2 aromatic carbocycles. The molecule has 5 nitrogen and oxygen atoms in total. The smallest absolute Gasteiger partial charge is 0.258 e. The molecule has 3 rings (SSSR count). The predicted octanol–water partition coefficient (Wildman–Crippen LogP) is 3.11. The summed E-state index contributed by atoms with van der Waals surface area (Å²) < 4.78 is 10.6. The Morgan fingerprint density at radius 3 is 2.75 bits per heavy atom. The van der Waals surface area contributed by atoms with E-state index in [9.17, 15) is 4.79 Å². The number of carbonyl (C=O) groups excluding carboxylic acids is 1. The van der Waals surface area contributed by atoms with Gasteiger partial charge in [-0.1, -0.05) is 24.3 Å². The van der Waals surface area contributed by atoms with Gasteiger partial charge in [0.05, 0.1) is 12.8 Å². The molecule has 1 aliphatic heterocycles. The van der Waals surface area contributed by atoms with Crippen molar-refractivity contribution in [2.45, 2.75) is 0 Å². The summed E-state index contributed by atoms with van der Waals surface area (Å²) in [6.07, 6.45) is 1.83. The molecule has 0 saturated heterocycles. The van der Waals surface area contributed by atoms with Crippen LogP contribution in [0.15, 0.2) is 42.5 Å². The Bertz CT molecular complexity index is 865. The third-order valence-electron chi connectivity index (χ3n) is 3.88. The van der Waals surface area contributed by atoms with Crippen molar-refractivity contribution in [1.82, 2.24) is 0 Å². The van der Waals surface area contributed by atoms with Crippen molar-refractivity contribution < 1.29 is 14.3 Å². The Hall–Kier alpha value is -3.26. The van der Waals surface area contributed by atoms with Crippen LogP contribution in [0.2, 0.25) is 0 Å². The Labute approximate surface area is 140 Å². The number of rotatable bonds is 4. The lowest BCUT2D eigenvalue weighted by Crippen LogP contribution is -2.20. The van der Waals surface area contributed by atoms with Gasteiger partial charge in [-0.05, 0) is 29.8 Å². The average Bonchev–Trinajstić information content (AvgIpc) is 2.86. The van der Waals surface area contributed by atoms with Gasteiger partial charge in [0.1, 0.15) is 6.07 Å². The normalized spacial score (nSPS) is 14.5. The van der Waals surface area contributed by atoms with E-state index in [2.05, 4.69) is 0 Å². The second-order valence-electron chi connectivity index (χ2n) is 5.30. The molecule has 1 heterocycles. The zero-order valence-corrected chi connectivity index (χ0v) is 13.4. The molecule has 1 aliphatic rings. The molecule has 120 valence electrons. The summed E-state index contributed by atoms with van der Waals surface area (Å²) >= 11 is 0. The van der Waals surface area contributed by atoms with Gasteiger partial charge in [0.15, 0.2) is 18.1 Å². The van der Waals surface area contributed by atoms with Gasteiger partial charge >= 0.3 is 0 Å². The number of para-hydroxylation sites is 1. The molecule has 0 radical (unpaired) electrons. The molecule has 0 atom stereocenters. The number of nitrogens with zero attached hydrogens (tertiary/aromatic N) is 2. The third kappa shape index (κ3) is 2.70. The highest BCUT2D eigenvalue weighted by molar-refractivity contribution is 6.35. The van der Waals surface area contributed by atoms with Crippen LogP contribution in [0.1, 0.15) is 11.1 Å². The highest BCUT2D eigenvalue weighted by Gasteiger charge is 2.29. The molecule has 5 heteroatoms. The fourth-order valence-electron chi connectivity index (χ4n) is 2.71. The van der Waals surface area contributed by atoms with Gasteiger partial charge in [-0.2, -0.15) is 5.26 Å². The van der Waals surface area contributed by atoms with Gasteiger partial charge < -0.3 is 14.4 Å². The number of methoxy groups -OCH3 is 1. The zero-order valence-electron chi connectivity index (χ0n) is 13.4. The third-order valence-corrected chi connectivity index (χ3v) is 3.88. The molecule has 0 spiro atoms. The molecule has 0 unspecified atom stereocenters. The van der Waals surface area contributed by atoms with E-state index in [1.54, 1.807) is 24.1 Å². The molecule has 0 aromatic heterocycles. The lowest BCUT2D eigenvalue weighted by Gasteiger charge is -2.09. The van der Waals surface area contributed by atoms with Crippen LogP contribution in [0.4, 0.5) is 5.69 Å². The van der Waals surface area contributed by atoms with E-state index in [0.29, 0.717) is 17.1 Å². The Kier molecular flexibility index (Phi) is 4.21. The van der Waals surface area contributed by atoms with Gasteiger partial charge in [0.25, 0.3) is 5.91 Å². The molecule has 0 bridgehead atoms. The van der Waals surface area contributed by atoms with Crippen LogP contribution in [0.25, 0.3) is 11.6 Å². The Morgan fingerprint density at radius 1 is 1.21 bits per heavy atom. The summed E-state index contributed by atoms with van der Waals surface area (Å²) in [6, 6.07) is 15.0. The Balaban J connectivity index is 2.00. The highest BCUT2D eigenvalue weighted by atomic mass is 16.5. The summed E-state index contributed by atoms with van der Waals surface area (Å²) in [5.74, 6) is 0.975. The molecular formula is C19H16N2O3. The summed E-state index contributed by atoms with van der Waals surface area (Å²) in [6.45, 7) is -0.0482. The minimum atomic E-state index is -0.0482. The quantitative estimate of drug-likeness (QED) is 0.812. The number of fused-ring (bicyclic) bond motifs is 1. The first-order chi connectivity index (χ1) is 11.7. The summed E-state index contributed by atoms with van der Waals surface area (Å²) in [7, 11) is 3.30. The van der Waals surface area contributed by atoms with Crippen LogP contribution in [-0.4, -0.2) is 26.7 Å². The van der Waals surface area contributed by atoms with Crippen molar-refractivity contribution in [3.05, 3.63) is 53.6 Å². The number of ether oxygens (including phenoxy) is 2. The van der Waals surface area contributed by atoms with Crippen LogP contribution in [0.5, 0.6) is 11.5 Å². The van der Waals surface area contributed by atoms with Gasteiger partial charge in [0.2, 0.25) is 0 Å². The first-order valence-corrected chi connectivity index (χ1v) is 7.42. The van der Waals surface area contributed by atoms with E-state index in [4.69, 9.17) is 14.7 Å². The van der Waals surface area contributed by atoms with Crippen molar-refractivity contribution in [2.24, 2.45) is 0 Å². The molecule has 0 saturated carbocycles. The van der Waals surface area contributed by atoms with Gasteiger partial charge in [-0.3, -0.25) is 4.79 Å². The minimum absolute atomic E-state index is 0.0417. The van der Waals surface area contributed by atoms with Crippen LogP contribution in [0.3, 0.4) is 0 Å². The van der Waals surface area contributed by atoms with Gasteiger partial charge in [-0.25, -0.2) is 0 Å². The SMILES string of the molecule is COc1cc(C=C2C(=O)N(C)c3ccccc32)ccc1OCC#N. The highest BCUT2D eigenvalue weighted by Crippen LogP contribution is 2.37. The van der Waals surface area contributed by atoms with E-state index in [1.807, 2.05) is 42.5 Å². The predicted molar refractivity (Wildman–Crippen MR) is 91.8 cm³/mol. The van der Waals surface area contributed by atoms with Crippen molar-refractivity contribution in [2.75, 3.05) is 25.7 Å². The van der Waals surface area contributed by atoms with E-state index >= 15 is 0 Å². The molecule has 0 fully saturated rings. The maximum absolute atomic E-state index is 12.5. The van der Waals surface area contributed by atoms with E-state index < -0.39 is 0 Å². The van der Waals surface area contributed by atoms with Crippen LogP contribution in [-0.2, 0) is 4.79 Å². The number of hydrogen-bond donors (Lipinski definition) is 0. The molecule has 1 amide bonds. The van der Waals surface area contributed by atoms with Crippen molar-refractivity contribution in [3.63, 3.8) is 0 Å². The monoisotopic (exact) mass is 320 g/mol. The number of hydrogen-bond acceptors (Lipinski definition) is 4. The molecule has 2 aromatic rings. The zero-order chi connectivity index (χ0) is 17.1. The number of anilines is 1. The van der Waals surface area contributed by atoms with E-state index in [-0.39, 0.29) is 12.5 Å². The van der Waals surface area contributed by atoms with E-state index in [0.717, 1.165) is 16.8 Å². The lowest BCUT2D eigenvalue weighted by atomic mass is 10.0. The summed E-state index contributed by atoms with van der Waals surface area (Å²) in [5, 5.41) is 8.62. The lowest BCUT2D eigenvalue weighted by molar-refractivity contribution is -0.112. The van der Waals surface area contributed by atoms with E-state index in [1.165, 1.54) is 7.11 Å². The first-order valence-electron chi connectivity index (χ1n) is 7.42. The van der Waals surface area contributed by atoms with Crippen molar-refractivity contribution in [1.29, 1.82) is 5.26 Å². The average molecular weight is 320 g/mol. The Morgan fingerprint density at radius 2 is 2.00 bits per heavy atom. The summed E-state index contributed by atoms with van der Waals surface area (Å²) in [4.78, 5) is 14.1. The topological polar surface area (TPSA) is 62.6 Å². The van der Waals surface area contributed by atoms with Crippen LogP contribution in [0, 0.1) is 11.3 Å². The van der Waals surface area contributed by atoms with Crippen molar-refractivity contribution >= 4 is 23.2 Å². The maximum atomic E-state index is 12.5. The second kappa shape index (κ2) is 6.47. The van der Waals surface area contributed by atoms with Gasteiger partial charge in [0, 0.05) is 18.2 Å². The van der Waals surface area contributed by atoms with Gasteiger partial charge in [-0.15, -0.1) is 0 Å². The standard InChI is InChI=1S/C19H16N2O3/c1-21-16-6-4-3-5-14(16)15(19(21)22)11-13-7-8-17(24-10-9-20)18(12-13)23-2/h3-8,11-12H,10H2,1-2H3. The largest absolute Gasteiger partial charge is 0.493 e. The fraction of sp³-hybridized carbons (Fsp3) is 0.158. The number of amides is 1. The molecule has 0 N–H and O–H groups in total. The molecule has 24 heavy (non-hydrogen) atoms. The first kappa shape index (κ1) is 15.6. The number of nitriles is 1. The molecule has 0 aliphatic carbocycles. The van der Waals surface area contributed by atoms with Crippen molar-refractivity contribution in [3.8, 4) is 17.6 Å². The second-order valence-corrected chi connectivity index (χ2v) is 5.30. The number of likely N-dealkylation sites (N-methyl/N-ethyl adjacent to an activating group) is 1. The summed E-state index contributed by atoms with van der Waals surface area (Å²) in [5.41, 5.74) is 3.27.